The summed E-state index contributed by atoms with van der Waals surface area (Å²) in [6.45, 7) is 8.21. The highest BCUT2D eigenvalue weighted by atomic mass is 16.5. The molecular weight excluding hydrogens is 472 g/mol. The van der Waals surface area contributed by atoms with Crippen molar-refractivity contribution < 1.29 is 9.47 Å². The van der Waals surface area contributed by atoms with E-state index in [2.05, 4.69) is 120 Å². The Morgan fingerprint density at radius 2 is 1.34 bits per heavy atom. The summed E-state index contributed by atoms with van der Waals surface area (Å²) in [5.74, 6) is 0. The van der Waals surface area contributed by atoms with Gasteiger partial charge in [0.15, 0.2) is 0 Å². The van der Waals surface area contributed by atoms with Crippen LogP contribution in [-0.2, 0) is 9.47 Å². The smallest absolute Gasteiger partial charge is 0.0906 e. The average Bonchev–Trinajstić information content (AvgIpc) is 2.95. The molecule has 5 rings (SSSR count). The summed E-state index contributed by atoms with van der Waals surface area (Å²) in [5.41, 5.74) is 9.54. The quantitative estimate of drug-likeness (QED) is 0.375. The maximum Gasteiger partial charge on any atom is 0.0906 e. The number of nitrogens with two attached hydrogens (primary N) is 1. The first-order valence-electron chi connectivity index (χ1n) is 13.8. The lowest BCUT2D eigenvalue weighted by atomic mass is 9.79. The molecule has 0 saturated carbocycles. The molecule has 2 heterocycles. The molecule has 2 saturated heterocycles. The number of nitrogens with zero attached hydrogens (tertiary/aromatic N) is 3. The topological polar surface area (TPSA) is 54.2 Å². The van der Waals surface area contributed by atoms with E-state index in [4.69, 9.17) is 15.2 Å². The molecule has 2 fully saturated rings. The van der Waals surface area contributed by atoms with Crippen LogP contribution < -0.4 is 5.73 Å². The van der Waals surface area contributed by atoms with Gasteiger partial charge in [-0.05, 0) is 30.7 Å². The van der Waals surface area contributed by atoms with Crippen molar-refractivity contribution >= 4 is 0 Å². The van der Waals surface area contributed by atoms with Crippen molar-refractivity contribution in [2.45, 2.75) is 25.3 Å². The maximum atomic E-state index is 6.31. The molecule has 3 aromatic rings. The predicted molar refractivity (Wildman–Crippen MR) is 152 cm³/mol. The Bertz CT molecular complexity index is 1120. The molecule has 3 aromatic carbocycles. The van der Waals surface area contributed by atoms with E-state index in [9.17, 15) is 0 Å². The zero-order valence-corrected chi connectivity index (χ0v) is 22.8. The molecule has 0 aliphatic carbocycles. The van der Waals surface area contributed by atoms with Gasteiger partial charge in [0.05, 0.1) is 38.8 Å². The lowest BCUT2D eigenvalue weighted by molar-refractivity contribution is -0.198. The largest absolute Gasteiger partial charge is 0.378 e. The minimum Gasteiger partial charge on any atom is -0.378 e. The second kappa shape index (κ2) is 12.5. The van der Waals surface area contributed by atoms with E-state index in [1.165, 1.54) is 16.7 Å². The number of fused-ring (bicyclic) bond motifs is 2. The minimum atomic E-state index is -0.0256. The molecule has 38 heavy (non-hydrogen) atoms. The van der Waals surface area contributed by atoms with Gasteiger partial charge in [-0.3, -0.25) is 14.7 Å². The van der Waals surface area contributed by atoms with Crippen LogP contribution in [0.25, 0.3) is 0 Å². The molecule has 2 bridgehead atoms. The van der Waals surface area contributed by atoms with Crippen LogP contribution in [0.4, 0.5) is 0 Å². The van der Waals surface area contributed by atoms with Crippen molar-refractivity contribution in [1.82, 2.24) is 14.7 Å². The van der Waals surface area contributed by atoms with Crippen LogP contribution in [0.3, 0.4) is 0 Å². The third kappa shape index (κ3) is 5.86. The van der Waals surface area contributed by atoms with Gasteiger partial charge < -0.3 is 15.2 Å². The average molecular weight is 515 g/mol. The monoisotopic (exact) mass is 514 g/mol. The van der Waals surface area contributed by atoms with Crippen molar-refractivity contribution in [3.63, 3.8) is 0 Å². The standard InChI is InChI=1S/C32H42N4O2/c1-26(27-12-6-3-7-13-27)35-23-32(25-38-21-20-37-19-18-33)22-34(2)30(28-14-8-4-9-15-28)36(24-32)31(35)29-16-10-5-11-17-29/h3-17,26,30-31H,18-25,33H2,1-2H3. The van der Waals surface area contributed by atoms with Gasteiger partial charge in [0.2, 0.25) is 0 Å². The normalized spacial score (nSPS) is 26.8. The third-order valence-corrected chi connectivity index (χ3v) is 8.00. The minimum absolute atomic E-state index is 0.0256. The lowest BCUT2D eigenvalue weighted by Gasteiger charge is -2.62. The molecule has 2 aliphatic heterocycles. The third-order valence-electron chi connectivity index (χ3n) is 8.00. The predicted octanol–water partition coefficient (Wildman–Crippen LogP) is 4.69. The van der Waals surface area contributed by atoms with E-state index in [0.717, 1.165) is 19.6 Å². The first-order valence-corrected chi connectivity index (χ1v) is 13.8. The van der Waals surface area contributed by atoms with Crippen molar-refractivity contribution in [2.75, 3.05) is 59.7 Å². The summed E-state index contributed by atoms with van der Waals surface area (Å²) in [6, 6.07) is 33.1. The highest BCUT2D eigenvalue weighted by Crippen LogP contribution is 2.49. The highest BCUT2D eigenvalue weighted by molar-refractivity contribution is 5.27. The number of rotatable bonds is 11. The Morgan fingerprint density at radius 1 is 0.763 bits per heavy atom. The molecule has 5 unspecified atom stereocenters. The number of hydrogen-bond acceptors (Lipinski definition) is 6. The van der Waals surface area contributed by atoms with Gasteiger partial charge >= 0.3 is 0 Å². The number of ether oxygens (including phenoxy) is 2. The van der Waals surface area contributed by atoms with E-state index >= 15 is 0 Å². The van der Waals surface area contributed by atoms with Crippen LogP contribution in [0.2, 0.25) is 0 Å². The molecule has 6 heteroatoms. The fraction of sp³-hybridized carbons (Fsp3) is 0.438. The summed E-state index contributed by atoms with van der Waals surface area (Å²) in [7, 11) is 2.27. The molecule has 0 spiro atoms. The van der Waals surface area contributed by atoms with Crippen molar-refractivity contribution in [3.8, 4) is 0 Å². The van der Waals surface area contributed by atoms with Gasteiger partial charge in [-0.2, -0.15) is 0 Å². The zero-order valence-electron chi connectivity index (χ0n) is 22.8. The second-order valence-electron chi connectivity index (χ2n) is 10.9. The van der Waals surface area contributed by atoms with Crippen LogP contribution in [0, 0.1) is 5.41 Å². The number of benzene rings is 3. The van der Waals surface area contributed by atoms with Gasteiger partial charge in [0.1, 0.15) is 0 Å². The fourth-order valence-corrected chi connectivity index (χ4v) is 6.46. The van der Waals surface area contributed by atoms with E-state index in [-0.39, 0.29) is 23.8 Å². The lowest BCUT2D eigenvalue weighted by Crippen LogP contribution is -2.68. The van der Waals surface area contributed by atoms with Gasteiger partial charge in [-0.1, -0.05) is 91.0 Å². The van der Waals surface area contributed by atoms with Crippen LogP contribution in [-0.4, -0.2) is 74.4 Å². The van der Waals surface area contributed by atoms with E-state index in [0.29, 0.717) is 33.0 Å². The van der Waals surface area contributed by atoms with Crippen LogP contribution >= 0.6 is 0 Å². The van der Waals surface area contributed by atoms with Gasteiger partial charge in [-0.15, -0.1) is 0 Å². The number of hydrogen-bond donors (Lipinski definition) is 1. The van der Waals surface area contributed by atoms with Crippen LogP contribution in [0.15, 0.2) is 91.0 Å². The first kappa shape index (κ1) is 27.0. The Morgan fingerprint density at radius 3 is 1.97 bits per heavy atom. The maximum absolute atomic E-state index is 6.31. The first-order chi connectivity index (χ1) is 18.6. The summed E-state index contributed by atoms with van der Waals surface area (Å²) in [6.07, 6.45) is 0.313. The van der Waals surface area contributed by atoms with E-state index in [1.807, 2.05) is 0 Å². The SMILES string of the molecule is CC(c1ccccc1)N1CC2(COCCOCCN)CN(C)C(c3ccccc3)N(C2)C1c1ccccc1. The molecule has 2 N–H and O–H groups in total. The van der Waals surface area contributed by atoms with Gasteiger partial charge in [-0.25, -0.2) is 0 Å². The molecular formula is C32H42N4O2. The Hall–Kier alpha value is -2.58. The molecule has 2 aliphatic rings. The highest BCUT2D eigenvalue weighted by Gasteiger charge is 2.53. The van der Waals surface area contributed by atoms with Crippen LogP contribution in [0.5, 0.6) is 0 Å². The molecule has 5 atom stereocenters. The van der Waals surface area contributed by atoms with Crippen molar-refractivity contribution in [2.24, 2.45) is 11.1 Å². The van der Waals surface area contributed by atoms with Gasteiger partial charge in [0, 0.05) is 37.6 Å². The van der Waals surface area contributed by atoms with Gasteiger partial charge in [0.25, 0.3) is 0 Å². The molecule has 0 radical (unpaired) electrons. The summed E-state index contributed by atoms with van der Waals surface area (Å²) >= 11 is 0. The summed E-state index contributed by atoms with van der Waals surface area (Å²) in [4.78, 5) is 7.92. The second-order valence-corrected chi connectivity index (χ2v) is 10.9. The van der Waals surface area contributed by atoms with Crippen molar-refractivity contribution in [3.05, 3.63) is 108 Å². The van der Waals surface area contributed by atoms with E-state index < -0.39 is 0 Å². The zero-order chi connectivity index (χ0) is 26.4. The summed E-state index contributed by atoms with van der Waals surface area (Å²) < 4.78 is 11.9. The molecule has 0 amide bonds. The molecule has 202 valence electrons. The van der Waals surface area contributed by atoms with Crippen LogP contribution in [0.1, 0.15) is 42.0 Å². The Kier molecular flexibility index (Phi) is 8.89. The summed E-state index contributed by atoms with van der Waals surface area (Å²) in [5, 5.41) is 0. The molecule has 6 nitrogen and oxygen atoms in total. The Labute approximate surface area is 227 Å². The Balaban J connectivity index is 1.52. The van der Waals surface area contributed by atoms with Crippen molar-refractivity contribution in [1.29, 1.82) is 0 Å². The fourth-order valence-electron chi connectivity index (χ4n) is 6.46. The van der Waals surface area contributed by atoms with E-state index in [1.54, 1.807) is 0 Å². The molecule has 0 aromatic heterocycles.